The standard InChI is InChI=1S/C17H13Cl2NO4S/c1-24-17(21)13-9-20(16-5-3-2-4-12(13)16)25(22,23)10-11-6-7-14(18)15(19)8-11/h2-9H,10H2,1H3. The van der Waals surface area contributed by atoms with Crippen LogP contribution in [0.3, 0.4) is 0 Å². The summed E-state index contributed by atoms with van der Waals surface area (Å²) >= 11 is 11.8. The number of hydrogen-bond donors (Lipinski definition) is 0. The Labute approximate surface area is 154 Å². The molecule has 8 heteroatoms. The van der Waals surface area contributed by atoms with Crippen molar-refractivity contribution in [2.24, 2.45) is 0 Å². The van der Waals surface area contributed by atoms with Crippen molar-refractivity contribution in [1.82, 2.24) is 3.97 Å². The molecule has 1 aromatic heterocycles. The molecule has 1 heterocycles. The zero-order chi connectivity index (χ0) is 18.2. The van der Waals surface area contributed by atoms with Gasteiger partial charge in [-0.05, 0) is 23.8 Å². The van der Waals surface area contributed by atoms with Gasteiger partial charge < -0.3 is 4.74 Å². The summed E-state index contributed by atoms with van der Waals surface area (Å²) in [7, 11) is -2.53. The molecule has 0 amide bonds. The van der Waals surface area contributed by atoms with E-state index in [1.807, 2.05) is 0 Å². The van der Waals surface area contributed by atoms with Crippen LogP contribution in [0, 0.1) is 0 Å². The van der Waals surface area contributed by atoms with Crippen LogP contribution in [0.1, 0.15) is 15.9 Å². The maximum absolute atomic E-state index is 12.9. The first-order valence-electron chi connectivity index (χ1n) is 7.19. The third-order valence-corrected chi connectivity index (χ3v) is 6.05. The summed E-state index contributed by atoms with van der Waals surface area (Å²) in [6.07, 6.45) is 1.28. The molecule has 0 aliphatic heterocycles. The number of methoxy groups -OCH3 is 1. The molecule has 0 aliphatic rings. The molecule has 0 spiro atoms. The second-order valence-electron chi connectivity index (χ2n) is 5.35. The molecule has 0 fully saturated rings. The van der Waals surface area contributed by atoms with E-state index in [1.165, 1.54) is 19.4 Å². The minimum Gasteiger partial charge on any atom is -0.465 e. The fourth-order valence-corrected chi connectivity index (χ4v) is 4.35. The number of esters is 1. The Kier molecular flexibility index (Phi) is 4.77. The zero-order valence-corrected chi connectivity index (χ0v) is 15.4. The average molecular weight is 398 g/mol. The number of benzene rings is 2. The Morgan fingerprint density at radius 2 is 1.84 bits per heavy atom. The lowest BCUT2D eigenvalue weighted by molar-refractivity contribution is 0.0603. The van der Waals surface area contributed by atoms with Crippen molar-refractivity contribution in [1.29, 1.82) is 0 Å². The molecule has 0 saturated carbocycles. The van der Waals surface area contributed by atoms with Crippen LogP contribution in [-0.4, -0.2) is 25.5 Å². The number of aromatic nitrogens is 1. The van der Waals surface area contributed by atoms with E-state index in [1.54, 1.807) is 36.4 Å². The minimum atomic E-state index is -3.78. The van der Waals surface area contributed by atoms with Gasteiger partial charge in [0.05, 0.1) is 34.0 Å². The first-order chi connectivity index (χ1) is 11.8. The largest absolute Gasteiger partial charge is 0.465 e. The van der Waals surface area contributed by atoms with E-state index in [-0.39, 0.29) is 16.3 Å². The third kappa shape index (κ3) is 3.38. The molecule has 0 atom stereocenters. The Balaban J connectivity index is 2.11. The van der Waals surface area contributed by atoms with Crippen molar-refractivity contribution in [3.8, 4) is 0 Å². The maximum Gasteiger partial charge on any atom is 0.340 e. The molecule has 130 valence electrons. The smallest absolute Gasteiger partial charge is 0.340 e. The number of carbonyl (C=O) groups is 1. The quantitative estimate of drug-likeness (QED) is 0.621. The van der Waals surface area contributed by atoms with Gasteiger partial charge in [0.2, 0.25) is 10.0 Å². The van der Waals surface area contributed by atoms with E-state index < -0.39 is 16.0 Å². The van der Waals surface area contributed by atoms with E-state index in [0.717, 1.165) is 3.97 Å². The topological polar surface area (TPSA) is 65.4 Å². The van der Waals surface area contributed by atoms with Gasteiger partial charge >= 0.3 is 5.97 Å². The number of ether oxygens (including phenoxy) is 1. The summed E-state index contributed by atoms with van der Waals surface area (Å²) < 4.78 is 31.6. The summed E-state index contributed by atoms with van der Waals surface area (Å²) in [5, 5.41) is 1.14. The van der Waals surface area contributed by atoms with Crippen LogP contribution in [-0.2, 0) is 20.5 Å². The number of carbonyl (C=O) groups excluding carboxylic acids is 1. The predicted octanol–water partition coefficient (Wildman–Crippen LogP) is 4.11. The van der Waals surface area contributed by atoms with E-state index in [9.17, 15) is 13.2 Å². The van der Waals surface area contributed by atoms with E-state index in [4.69, 9.17) is 27.9 Å². The average Bonchev–Trinajstić information content (AvgIpc) is 2.98. The van der Waals surface area contributed by atoms with Gasteiger partial charge in [-0.3, -0.25) is 0 Å². The molecule has 0 bridgehead atoms. The van der Waals surface area contributed by atoms with Crippen LogP contribution in [0.4, 0.5) is 0 Å². The first kappa shape index (κ1) is 17.8. The molecular weight excluding hydrogens is 385 g/mol. The highest BCUT2D eigenvalue weighted by Crippen LogP contribution is 2.27. The van der Waals surface area contributed by atoms with Crippen molar-refractivity contribution in [2.75, 3.05) is 7.11 Å². The van der Waals surface area contributed by atoms with Crippen molar-refractivity contribution in [3.05, 3.63) is 69.8 Å². The lowest BCUT2D eigenvalue weighted by atomic mass is 10.2. The Hall–Kier alpha value is -2.02. The second kappa shape index (κ2) is 6.71. The zero-order valence-electron chi connectivity index (χ0n) is 13.1. The Morgan fingerprint density at radius 3 is 2.52 bits per heavy atom. The molecule has 3 aromatic rings. The third-order valence-electron chi connectivity index (χ3n) is 3.72. The summed E-state index contributed by atoms with van der Waals surface area (Å²) in [5.41, 5.74) is 1.09. The molecule has 3 rings (SSSR count). The normalized spacial score (nSPS) is 11.6. The van der Waals surface area contributed by atoms with Gasteiger partial charge in [0.15, 0.2) is 0 Å². The molecule has 0 saturated heterocycles. The minimum absolute atomic E-state index is 0.191. The highest BCUT2D eigenvalue weighted by atomic mass is 35.5. The monoisotopic (exact) mass is 397 g/mol. The van der Waals surface area contributed by atoms with Crippen LogP contribution < -0.4 is 0 Å². The van der Waals surface area contributed by atoms with Crippen LogP contribution in [0.2, 0.25) is 10.0 Å². The Morgan fingerprint density at radius 1 is 1.12 bits per heavy atom. The highest BCUT2D eigenvalue weighted by Gasteiger charge is 2.22. The van der Waals surface area contributed by atoms with Crippen LogP contribution in [0.25, 0.3) is 10.9 Å². The lowest BCUT2D eigenvalue weighted by Crippen LogP contribution is -2.14. The fraction of sp³-hybridized carbons (Fsp3) is 0.118. The fourth-order valence-electron chi connectivity index (χ4n) is 2.56. The van der Waals surface area contributed by atoms with E-state index in [0.29, 0.717) is 21.5 Å². The van der Waals surface area contributed by atoms with Gasteiger partial charge in [0.25, 0.3) is 0 Å². The predicted molar refractivity (Wildman–Crippen MR) is 97.8 cm³/mol. The molecule has 0 unspecified atom stereocenters. The maximum atomic E-state index is 12.9. The van der Waals surface area contributed by atoms with Gasteiger partial charge in [-0.15, -0.1) is 0 Å². The highest BCUT2D eigenvalue weighted by molar-refractivity contribution is 7.89. The van der Waals surface area contributed by atoms with Crippen molar-refractivity contribution >= 4 is 50.1 Å². The number of hydrogen-bond acceptors (Lipinski definition) is 4. The molecule has 25 heavy (non-hydrogen) atoms. The van der Waals surface area contributed by atoms with Gasteiger partial charge in [0.1, 0.15) is 0 Å². The Bertz CT molecular complexity index is 1070. The van der Waals surface area contributed by atoms with E-state index in [2.05, 4.69) is 0 Å². The summed E-state index contributed by atoms with van der Waals surface area (Å²) in [4.78, 5) is 11.9. The molecule has 0 radical (unpaired) electrons. The first-order valence-corrected chi connectivity index (χ1v) is 9.55. The summed E-state index contributed by atoms with van der Waals surface area (Å²) in [6.45, 7) is 0. The van der Waals surface area contributed by atoms with E-state index >= 15 is 0 Å². The molecular formula is C17H13Cl2NO4S. The number of para-hydroxylation sites is 1. The van der Waals surface area contributed by atoms with Crippen LogP contribution in [0.15, 0.2) is 48.7 Å². The second-order valence-corrected chi connectivity index (χ2v) is 8.01. The summed E-state index contributed by atoms with van der Waals surface area (Å²) in [6, 6.07) is 11.4. The lowest BCUT2D eigenvalue weighted by Gasteiger charge is -2.08. The SMILES string of the molecule is COC(=O)c1cn(S(=O)(=O)Cc2ccc(Cl)c(Cl)c2)c2ccccc12. The van der Waals surface area contributed by atoms with Crippen molar-refractivity contribution in [2.45, 2.75) is 5.75 Å². The molecule has 0 N–H and O–H groups in total. The van der Waals surface area contributed by atoms with Crippen LogP contribution >= 0.6 is 23.2 Å². The van der Waals surface area contributed by atoms with Gasteiger partial charge in [0, 0.05) is 11.6 Å². The number of halogens is 2. The van der Waals surface area contributed by atoms with Crippen LogP contribution in [0.5, 0.6) is 0 Å². The van der Waals surface area contributed by atoms with Gasteiger partial charge in [-0.25, -0.2) is 17.2 Å². The number of nitrogens with zero attached hydrogens (tertiary/aromatic N) is 1. The number of rotatable bonds is 4. The van der Waals surface area contributed by atoms with Crippen molar-refractivity contribution < 1.29 is 17.9 Å². The van der Waals surface area contributed by atoms with Gasteiger partial charge in [-0.2, -0.15) is 0 Å². The number of fused-ring (bicyclic) bond motifs is 1. The molecule has 0 aliphatic carbocycles. The van der Waals surface area contributed by atoms with Gasteiger partial charge in [-0.1, -0.05) is 47.5 Å². The van der Waals surface area contributed by atoms with Crippen molar-refractivity contribution in [3.63, 3.8) is 0 Å². The molecule has 2 aromatic carbocycles. The molecule has 5 nitrogen and oxygen atoms in total. The summed E-state index contributed by atoms with van der Waals surface area (Å²) in [5.74, 6) is -0.886.